The molecule has 0 N–H and O–H groups in total. The van der Waals surface area contributed by atoms with Crippen LogP contribution in [-0.4, -0.2) is 18.4 Å². The van der Waals surface area contributed by atoms with E-state index in [2.05, 4.69) is 5.73 Å². The van der Waals surface area contributed by atoms with E-state index in [4.69, 9.17) is 9.05 Å². The van der Waals surface area contributed by atoms with Crippen LogP contribution in [0.15, 0.2) is 51.2 Å². The van der Waals surface area contributed by atoms with Crippen LogP contribution in [0.25, 0.3) is 0 Å². The largest absolute Gasteiger partial charge is 0.377 e. The lowest BCUT2D eigenvalue weighted by molar-refractivity contribution is 0.285. The monoisotopic (exact) mass is 300 g/mol. The van der Waals surface area contributed by atoms with Crippen LogP contribution in [0.4, 0.5) is 0 Å². The quantitative estimate of drug-likeness (QED) is 0.615. The summed E-state index contributed by atoms with van der Waals surface area (Å²) in [6.07, 6.45) is 0. The molecule has 1 aromatic carbocycles. The number of hydrogen-bond acceptors (Lipinski definition) is 4. The minimum atomic E-state index is -3.58. The van der Waals surface area contributed by atoms with Gasteiger partial charge in [0.15, 0.2) is 4.65 Å². The van der Waals surface area contributed by atoms with E-state index in [1.165, 1.54) is 14.2 Å². The lowest BCUT2D eigenvalue weighted by Crippen LogP contribution is -2.00. The summed E-state index contributed by atoms with van der Waals surface area (Å²) in [4.78, 5) is 0.528. The summed E-state index contributed by atoms with van der Waals surface area (Å²) in [5.74, 6) is 0. The van der Waals surface area contributed by atoms with Crippen molar-refractivity contribution in [2.24, 2.45) is 0 Å². The van der Waals surface area contributed by atoms with Crippen LogP contribution in [0.3, 0.4) is 0 Å². The SMILES string of the molecule is COP(=O)(OC)C(=C=C(C)C)S(=O)c1ccccc1. The van der Waals surface area contributed by atoms with E-state index in [1.54, 1.807) is 38.1 Å². The van der Waals surface area contributed by atoms with Gasteiger partial charge in [-0.05, 0) is 31.6 Å². The molecule has 1 rings (SSSR count). The standard InChI is InChI=1S/C13H17O4PS/c1-11(2)10-13(18(14,16-3)17-4)19(15)12-8-6-5-7-9-12/h5-9H,1-4H3. The topological polar surface area (TPSA) is 52.6 Å². The summed E-state index contributed by atoms with van der Waals surface area (Å²) in [6, 6.07) is 8.73. The second-order valence-electron chi connectivity index (χ2n) is 3.87. The number of rotatable bonds is 5. The first kappa shape index (κ1) is 16.1. The highest BCUT2D eigenvalue weighted by atomic mass is 32.2. The van der Waals surface area contributed by atoms with E-state index in [0.717, 1.165) is 5.57 Å². The van der Waals surface area contributed by atoms with Crippen LogP contribution in [-0.2, 0) is 24.4 Å². The van der Waals surface area contributed by atoms with Crippen molar-refractivity contribution in [3.8, 4) is 0 Å². The lowest BCUT2D eigenvalue weighted by Gasteiger charge is -2.15. The van der Waals surface area contributed by atoms with Crippen molar-refractivity contribution in [2.45, 2.75) is 18.7 Å². The van der Waals surface area contributed by atoms with Crippen LogP contribution < -0.4 is 0 Å². The molecular weight excluding hydrogens is 283 g/mol. The molecule has 1 aromatic rings. The molecular formula is C13H17O4PS. The molecule has 0 amide bonds. The van der Waals surface area contributed by atoms with Gasteiger partial charge in [-0.3, -0.25) is 4.57 Å². The van der Waals surface area contributed by atoms with Crippen LogP contribution in [0.1, 0.15) is 13.8 Å². The normalized spacial score (nSPS) is 12.6. The van der Waals surface area contributed by atoms with Crippen molar-refractivity contribution >= 4 is 18.4 Å². The maximum absolute atomic E-state index is 12.5. The predicted molar refractivity (Wildman–Crippen MR) is 76.4 cm³/mol. The van der Waals surface area contributed by atoms with Crippen LogP contribution in [0, 0.1) is 0 Å². The second kappa shape index (κ2) is 6.99. The van der Waals surface area contributed by atoms with Crippen LogP contribution >= 0.6 is 7.60 Å². The molecule has 0 saturated carbocycles. The lowest BCUT2D eigenvalue weighted by atomic mass is 10.4. The summed E-state index contributed by atoms with van der Waals surface area (Å²) < 4.78 is 34.8. The molecule has 0 fully saturated rings. The second-order valence-corrected chi connectivity index (χ2v) is 7.77. The highest BCUT2D eigenvalue weighted by molar-refractivity contribution is 7.98. The van der Waals surface area contributed by atoms with Gasteiger partial charge >= 0.3 is 7.60 Å². The van der Waals surface area contributed by atoms with Crippen molar-refractivity contribution < 1.29 is 17.8 Å². The maximum atomic E-state index is 12.5. The molecule has 0 aliphatic rings. The van der Waals surface area contributed by atoms with Crippen molar-refractivity contribution in [1.29, 1.82) is 0 Å². The van der Waals surface area contributed by atoms with Gasteiger partial charge in [0.1, 0.15) is 10.8 Å². The maximum Gasteiger partial charge on any atom is 0.377 e. The first-order chi connectivity index (χ1) is 8.94. The zero-order valence-corrected chi connectivity index (χ0v) is 13.1. The Morgan fingerprint density at radius 3 is 2.11 bits per heavy atom. The molecule has 1 atom stereocenters. The van der Waals surface area contributed by atoms with E-state index >= 15 is 0 Å². The zero-order valence-electron chi connectivity index (χ0n) is 11.4. The fraction of sp³-hybridized carbons (Fsp3) is 0.308. The summed E-state index contributed by atoms with van der Waals surface area (Å²) >= 11 is 0. The smallest absolute Gasteiger partial charge is 0.308 e. The summed E-state index contributed by atoms with van der Waals surface area (Å²) in [7, 11) is -2.70. The van der Waals surface area contributed by atoms with Crippen molar-refractivity contribution in [1.82, 2.24) is 0 Å². The average Bonchev–Trinajstić information content (AvgIpc) is 2.44. The van der Waals surface area contributed by atoms with Gasteiger partial charge in [-0.1, -0.05) is 23.9 Å². The Labute approximate surface area is 116 Å². The van der Waals surface area contributed by atoms with Gasteiger partial charge in [0.05, 0.1) is 0 Å². The van der Waals surface area contributed by atoms with Gasteiger partial charge in [0.25, 0.3) is 0 Å². The molecule has 0 heterocycles. The number of benzene rings is 1. The molecule has 6 heteroatoms. The third-order valence-corrected chi connectivity index (χ3v) is 6.11. The van der Waals surface area contributed by atoms with Gasteiger partial charge in [0, 0.05) is 19.1 Å². The van der Waals surface area contributed by atoms with Gasteiger partial charge in [0.2, 0.25) is 0 Å². The number of allylic oxidation sites excluding steroid dienone is 1. The first-order valence-electron chi connectivity index (χ1n) is 5.57. The van der Waals surface area contributed by atoms with Crippen molar-refractivity contribution in [3.63, 3.8) is 0 Å². The Kier molecular flexibility index (Phi) is 5.92. The molecule has 1 unspecified atom stereocenters. The molecule has 0 spiro atoms. The van der Waals surface area contributed by atoms with Gasteiger partial charge < -0.3 is 9.05 Å². The summed E-state index contributed by atoms with van der Waals surface area (Å²) in [5, 5.41) is 0. The minimum Gasteiger partial charge on any atom is -0.308 e. The Morgan fingerprint density at radius 1 is 1.16 bits per heavy atom. The molecule has 0 bridgehead atoms. The van der Waals surface area contributed by atoms with Gasteiger partial charge in [-0.25, -0.2) is 4.21 Å². The van der Waals surface area contributed by atoms with Crippen LogP contribution in [0.5, 0.6) is 0 Å². The molecule has 0 aromatic heterocycles. The first-order valence-corrected chi connectivity index (χ1v) is 8.27. The predicted octanol–water partition coefficient (Wildman–Crippen LogP) is 3.69. The average molecular weight is 300 g/mol. The Bertz CT molecular complexity index is 562. The zero-order chi connectivity index (χ0) is 14.5. The van der Waals surface area contributed by atoms with Crippen LogP contribution in [0.2, 0.25) is 0 Å². The highest BCUT2D eigenvalue weighted by Crippen LogP contribution is 2.56. The van der Waals surface area contributed by atoms with Crippen molar-refractivity contribution in [2.75, 3.05) is 14.2 Å². The Morgan fingerprint density at radius 2 is 1.68 bits per heavy atom. The van der Waals surface area contributed by atoms with Gasteiger partial charge in [-0.15, -0.1) is 0 Å². The van der Waals surface area contributed by atoms with E-state index in [-0.39, 0.29) is 4.65 Å². The molecule has 0 saturated heterocycles. The molecule has 0 aliphatic carbocycles. The Hall–Kier alpha value is -0.960. The number of hydrogen-bond donors (Lipinski definition) is 0. The molecule has 0 aliphatic heterocycles. The highest BCUT2D eigenvalue weighted by Gasteiger charge is 2.33. The molecule has 4 nitrogen and oxygen atoms in total. The minimum absolute atomic E-state index is 0.0312. The van der Waals surface area contributed by atoms with Crippen molar-refractivity contribution in [3.05, 3.63) is 46.3 Å². The van der Waals surface area contributed by atoms with E-state index in [1.807, 2.05) is 6.07 Å². The van der Waals surface area contributed by atoms with Gasteiger partial charge in [-0.2, -0.15) is 0 Å². The fourth-order valence-electron chi connectivity index (χ4n) is 1.33. The Balaban J connectivity index is 3.42. The fourth-order valence-corrected chi connectivity index (χ4v) is 4.67. The molecule has 104 valence electrons. The molecule has 19 heavy (non-hydrogen) atoms. The third kappa shape index (κ3) is 4.00. The summed E-state index contributed by atoms with van der Waals surface area (Å²) in [5.41, 5.74) is 3.58. The van der Waals surface area contributed by atoms with E-state index in [0.29, 0.717) is 4.90 Å². The van der Waals surface area contributed by atoms with E-state index in [9.17, 15) is 8.77 Å². The third-order valence-electron chi connectivity index (χ3n) is 2.22. The van der Waals surface area contributed by atoms with E-state index < -0.39 is 18.4 Å². The molecule has 0 radical (unpaired) electrons. The summed E-state index contributed by atoms with van der Waals surface area (Å²) in [6.45, 7) is 3.55.